The molecule has 0 unspecified atom stereocenters. The Morgan fingerprint density at radius 3 is 2.68 bits per heavy atom. The topological polar surface area (TPSA) is 41.9 Å². The molecule has 1 aromatic rings. The first-order valence-electron chi connectivity index (χ1n) is 7.08. The van der Waals surface area contributed by atoms with E-state index in [0.717, 1.165) is 0 Å². The first-order chi connectivity index (χ1) is 10.4. The first-order valence-corrected chi connectivity index (χ1v) is 7.08. The van der Waals surface area contributed by atoms with Crippen LogP contribution in [0.3, 0.4) is 0 Å². The molecule has 1 fully saturated rings. The van der Waals surface area contributed by atoms with E-state index in [-0.39, 0.29) is 24.5 Å². The molecule has 0 aromatic heterocycles. The standard InChI is InChI=1S/C15H20F3NO3/c1-21-13-6-12(9-20)19(8-13)7-11-4-2-3-5-14(11)22-10-15(16,17)18/h2-5,12-13,20H,6-10H2,1H3/t12-,13-/m0/s1. The van der Waals surface area contributed by atoms with Crippen LogP contribution in [0, 0.1) is 0 Å². The van der Waals surface area contributed by atoms with E-state index in [9.17, 15) is 18.3 Å². The summed E-state index contributed by atoms with van der Waals surface area (Å²) < 4.78 is 47.1. The molecule has 2 atom stereocenters. The van der Waals surface area contributed by atoms with Gasteiger partial charge in [-0.3, -0.25) is 4.90 Å². The summed E-state index contributed by atoms with van der Waals surface area (Å²) in [5.74, 6) is 0.220. The lowest BCUT2D eigenvalue weighted by molar-refractivity contribution is -0.153. The number of halogens is 3. The summed E-state index contributed by atoms with van der Waals surface area (Å²) in [7, 11) is 1.61. The molecule has 1 aliphatic rings. The molecule has 1 saturated heterocycles. The molecule has 0 radical (unpaired) electrons. The summed E-state index contributed by atoms with van der Waals surface area (Å²) in [6, 6.07) is 6.61. The van der Waals surface area contributed by atoms with E-state index >= 15 is 0 Å². The molecule has 0 spiro atoms. The van der Waals surface area contributed by atoms with Gasteiger partial charge in [0, 0.05) is 31.8 Å². The number of para-hydroxylation sites is 1. The van der Waals surface area contributed by atoms with E-state index in [2.05, 4.69) is 0 Å². The molecular weight excluding hydrogens is 299 g/mol. The van der Waals surface area contributed by atoms with Crippen molar-refractivity contribution in [3.05, 3.63) is 29.8 Å². The highest BCUT2D eigenvalue weighted by atomic mass is 19.4. The summed E-state index contributed by atoms with van der Waals surface area (Å²) in [6.07, 6.45) is -3.63. The fourth-order valence-electron chi connectivity index (χ4n) is 2.65. The third-order valence-electron chi connectivity index (χ3n) is 3.77. The van der Waals surface area contributed by atoms with Gasteiger partial charge in [0.1, 0.15) is 5.75 Å². The van der Waals surface area contributed by atoms with Crippen LogP contribution in [-0.2, 0) is 11.3 Å². The van der Waals surface area contributed by atoms with Gasteiger partial charge in [-0.15, -0.1) is 0 Å². The van der Waals surface area contributed by atoms with Gasteiger partial charge < -0.3 is 14.6 Å². The lowest BCUT2D eigenvalue weighted by Gasteiger charge is -2.23. The molecule has 22 heavy (non-hydrogen) atoms. The van der Waals surface area contributed by atoms with Crippen LogP contribution in [0.25, 0.3) is 0 Å². The number of ether oxygens (including phenoxy) is 2. The van der Waals surface area contributed by atoms with Crippen molar-refractivity contribution < 1.29 is 27.8 Å². The average molecular weight is 319 g/mol. The Bertz CT molecular complexity index is 481. The lowest BCUT2D eigenvalue weighted by Crippen LogP contribution is -2.32. The third kappa shape index (κ3) is 4.59. The lowest BCUT2D eigenvalue weighted by atomic mass is 10.1. The van der Waals surface area contributed by atoms with Gasteiger partial charge in [0.25, 0.3) is 0 Å². The second-order valence-corrected chi connectivity index (χ2v) is 5.37. The number of nitrogens with zero attached hydrogens (tertiary/aromatic N) is 1. The number of aliphatic hydroxyl groups is 1. The largest absolute Gasteiger partial charge is 0.484 e. The number of rotatable bonds is 6. The average Bonchev–Trinajstić information content (AvgIpc) is 2.88. The molecule has 0 bridgehead atoms. The van der Waals surface area contributed by atoms with E-state index in [0.29, 0.717) is 25.1 Å². The summed E-state index contributed by atoms with van der Waals surface area (Å²) in [5.41, 5.74) is 0.668. The molecular formula is C15H20F3NO3. The quantitative estimate of drug-likeness (QED) is 0.873. The summed E-state index contributed by atoms with van der Waals surface area (Å²) in [4.78, 5) is 2.00. The van der Waals surface area contributed by atoms with Crippen LogP contribution in [0.4, 0.5) is 13.2 Å². The van der Waals surface area contributed by atoms with Crippen LogP contribution >= 0.6 is 0 Å². The van der Waals surface area contributed by atoms with E-state index in [1.807, 2.05) is 4.90 Å². The number of aliphatic hydroxyl groups excluding tert-OH is 1. The zero-order valence-corrected chi connectivity index (χ0v) is 12.3. The van der Waals surface area contributed by atoms with Crippen molar-refractivity contribution in [1.82, 2.24) is 4.90 Å². The van der Waals surface area contributed by atoms with Gasteiger partial charge in [0.2, 0.25) is 0 Å². The minimum Gasteiger partial charge on any atom is -0.484 e. The number of hydrogen-bond acceptors (Lipinski definition) is 4. The van der Waals surface area contributed by atoms with E-state index in [1.165, 1.54) is 6.07 Å². The third-order valence-corrected chi connectivity index (χ3v) is 3.77. The molecule has 0 saturated carbocycles. The van der Waals surface area contributed by atoms with E-state index in [4.69, 9.17) is 9.47 Å². The van der Waals surface area contributed by atoms with Gasteiger partial charge in [-0.1, -0.05) is 18.2 Å². The van der Waals surface area contributed by atoms with Crippen molar-refractivity contribution in [2.45, 2.75) is 31.3 Å². The Hall–Kier alpha value is -1.31. The van der Waals surface area contributed by atoms with Crippen molar-refractivity contribution in [2.24, 2.45) is 0 Å². The number of alkyl halides is 3. The second kappa shape index (κ2) is 7.30. The number of benzene rings is 1. The fraction of sp³-hybridized carbons (Fsp3) is 0.600. The van der Waals surface area contributed by atoms with Crippen molar-refractivity contribution in [1.29, 1.82) is 0 Å². The van der Waals surface area contributed by atoms with Crippen molar-refractivity contribution in [2.75, 3.05) is 26.9 Å². The van der Waals surface area contributed by atoms with Gasteiger partial charge in [0.15, 0.2) is 6.61 Å². The van der Waals surface area contributed by atoms with Crippen LogP contribution in [-0.4, -0.2) is 55.2 Å². The molecule has 2 rings (SSSR count). The maximum atomic E-state index is 12.3. The van der Waals surface area contributed by atoms with Gasteiger partial charge in [0.05, 0.1) is 12.7 Å². The molecule has 4 nitrogen and oxygen atoms in total. The molecule has 7 heteroatoms. The van der Waals surface area contributed by atoms with E-state index < -0.39 is 12.8 Å². The molecule has 1 N–H and O–H groups in total. The normalized spacial score (nSPS) is 23.0. The second-order valence-electron chi connectivity index (χ2n) is 5.37. The van der Waals surface area contributed by atoms with Crippen LogP contribution in [0.2, 0.25) is 0 Å². The smallest absolute Gasteiger partial charge is 0.422 e. The maximum absolute atomic E-state index is 12.3. The number of hydrogen-bond donors (Lipinski definition) is 1. The molecule has 1 aromatic carbocycles. The summed E-state index contributed by atoms with van der Waals surface area (Å²) in [5, 5.41) is 9.43. The number of methoxy groups -OCH3 is 1. The van der Waals surface area contributed by atoms with Crippen LogP contribution in [0.1, 0.15) is 12.0 Å². The Morgan fingerprint density at radius 1 is 1.32 bits per heavy atom. The van der Waals surface area contributed by atoms with Crippen molar-refractivity contribution >= 4 is 0 Å². The highest BCUT2D eigenvalue weighted by molar-refractivity contribution is 5.33. The molecule has 124 valence electrons. The highest BCUT2D eigenvalue weighted by Crippen LogP contribution is 2.27. The predicted molar refractivity (Wildman–Crippen MR) is 74.7 cm³/mol. The van der Waals surface area contributed by atoms with Gasteiger partial charge in [-0.05, 0) is 12.5 Å². The van der Waals surface area contributed by atoms with Crippen molar-refractivity contribution in [3.63, 3.8) is 0 Å². The molecule has 0 aliphatic carbocycles. The Morgan fingerprint density at radius 2 is 2.05 bits per heavy atom. The Kier molecular flexibility index (Phi) is 5.66. The predicted octanol–water partition coefficient (Wildman–Crippen LogP) is 2.21. The van der Waals surface area contributed by atoms with Crippen molar-refractivity contribution in [3.8, 4) is 5.75 Å². The minimum absolute atomic E-state index is 0.00850. The number of likely N-dealkylation sites (tertiary alicyclic amines) is 1. The molecule has 1 aliphatic heterocycles. The minimum atomic E-state index is -4.37. The maximum Gasteiger partial charge on any atom is 0.422 e. The first kappa shape index (κ1) is 17.1. The van der Waals surface area contributed by atoms with Gasteiger partial charge in [-0.2, -0.15) is 13.2 Å². The SMILES string of the molecule is CO[C@H]1C[C@@H](CO)N(Cc2ccccc2OCC(F)(F)F)C1. The Balaban J connectivity index is 2.06. The zero-order valence-electron chi connectivity index (χ0n) is 12.3. The summed E-state index contributed by atoms with van der Waals surface area (Å²) >= 11 is 0. The van der Waals surface area contributed by atoms with Gasteiger partial charge >= 0.3 is 6.18 Å². The monoisotopic (exact) mass is 319 g/mol. The zero-order chi connectivity index (χ0) is 16.2. The highest BCUT2D eigenvalue weighted by Gasteiger charge is 2.32. The van der Waals surface area contributed by atoms with Crippen LogP contribution in [0.5, 0.6) is 5.75 Å². The summed E-state index contributed by atoms with van der Waals surface area (Å²) in [6.45, 7) is -0.270. The fourth-order valence-corrected chi connectivity index (χ4v) is 2.65. The van der Waals surface area contributed by atoms with Crippen LogP contribution < -0.4 is 4.74 Å². The van der Waals surface area contributed by atoms with E-state index in [1.54, 1.807) is 25.3 Å². The van der Waals surface area contributed by atoms with Crippen LogP contribution in [0.15, 0.2) is 24.3 Å². The molecule has 1 heterocycles. The van der Waals surface area contributed by atoms with Gasteiger partial charge in [-0.25, -0.2) is 0 Å². The molecule has 0 amide bonds. The Labute approximate surface area is 127 Å².